The lowest BCUT2D eigenvalue weighted by Gasteiger charge is -2.02. The third-order valence-electron chi connectivity index (χ3n) is 3.30. The summed E-state index contributed by atoms with van der Waals surface area (Å²) in [6, 6.07) is 22.5. The fourth-order valence-electron chi connectivity index (χ4n) is 2.15. The molecule has 116 valence electrons. The molecule has 3 aromatic carbocycles. The van der Waals surface area contributed by atoms with Crippen LogP contribution in [0.3, 0.4) is 0 Å². The average molecular weight is 454 g/mol. The second-order valence-electron chi connectivity index (χ2n) is 4.83. The molecule has 0 spiro atoms. The Kier molecular flexibility index (Phi) is 6.63. The van der Waals surface area contributed by atoms with E-state index >= 15 is 0 Å². The number of hydrogen-bond donors (Lipinski definition) is 0. The number of hydrogen-bond acceptors (Lipinski definition) is 1. The predicted octanol–water partition coefficient (Wildman–Crippen LogP) is 6.85. The Bertz CT molecular complexity index is 855. The van der Waals surface area contributed by atoms with E-state index in [4.69, 9.17) is 11.6 Å². The molecule has 23 heavy (non-hydrogen) atoms. The van der Waals surface area contributed by atoms with Crippen molar-refractivity contribution in [2.45, 2.75) is 0 Å². The molecule has 0 amide bonds. The summed E-state index contributed by atoms with van der Waals surface area (Å²) in [6.45, 7) is 0. The second-order valence-corrected chi connectivity index (χ2v) is 6.48. The predicted molar refractivity (Wildman–Crippen MR) is 112 cm³/mol. The van der Waals surface area contributed by atoms with Crippen molar-refractivity contribution in [1.29, 1.82) is 0 Å². The summed E-state index contributed by atoms with van der Waals surface area (Å²) in [6.07, 6.45) is 3.56. The van der Waals surface area contributed by atoms with Crippen molar-refractivity contribution < 1.29 is 0 Å². The van der Waals surface area contributed by atoms with Crippen LogP contribution in [0.25, 0.3) is 15.8 Å². The van der Waals surface area contributed by atoms with E-state index in [9.17, 15) is 0 Å². The Morgan fingerprint density at radius 2 is 1.61 bits per heavy atom. The maximum Gasteiger partial charge on any atom is 0.0630 e. The van der Waals surface area contributed by atoms with Gasteiger partial charge in [-0.3, -0.25) is 4.99 Å². The van der Waals surface area contributed by atoms with E-state index in [0.717, 1.165) is 11.3 Å². The molecule has 3 aromatic rings. The fourth-order valence-corrected chi connectivity index (χ4v) is 2.68. The molecule has 4 heteroatoms. The lowest BCUT2D eigenvalue weighted by Crippen LogP contribution is -1.79. The number of rotatable bonds is 3. The Hall–Kier alpha value is -1.36. The first-order chi connectivity index (χ1) is 10.7. The Morgan fingerprint density at radius 1 is 0.913 bits per heavy atom. The smallest absolute Gasteiger partial charge is 0.0630 e. The average Bonchev–Trinajstić information content (AvgIpc) is 2.56. The summed E-state index contributed by atoms with van der Waals surface area (Å²) in [5.74, 6) is 0. The maximum atomic E-state index is 6.37. The zero-order valence-corrected chi connectivity index (χ0v) is 15.8. The Balaban J connectivity index is 0.00000192. The van der Waals surface area contributed by atoms with Gasteiger partial charge in [-0.05, 0) is 75.3 Å². The van der Waals surface area contributed by atoms with E-state index in [2.05, 4.69) is 51.8 Å². The first-order valence-corrected chi connectivity index (χ1v) is 8.33. The molecule has 0 unspecified atom stereocenters. The molecule has 0 aliphatic carbocycles. The number of benzene rings is 3. The first kappa shape index (κ1) is 18.0. The number of aliphatic imine (C=N–C) groups is 1. The molecule has 0 fully saturated rings. The van der Waals surface area contributed by atoms with Gasteiger partial charge in [0.1, 0.15) is 0 Å². The third kappa shape index (κ3) is 4.80. The van der Waals surface area contributed by atoms with Crippen LogP contribution in [0.15, 0.2) is 77.8 Å². The van der Waals surface area contributed by atoms with Crippen LogP contribution in [0.4, 0.5) is 5.69 Å². The van der Waals surface area contributed by atoms with Crippen LogP contribution >= 0.6 is 46.6 Å². The van der Waals surface area contributed by atoms with Crippen LogP contribution in [0, 0.1) is 3.57 Å². The zero-order chi connectivity index (χ0) is 15.4. The molecule has 0 atom stereocenters. The van der Waals surface area contributed by atoms with Gasteiger partial charge < -0.3 is 0 Å². The van der Waals surface area contributed by atoms with Crippen molar-refractivity contribution >= 4 is 74.3 Å². The quantitative estimate of drug-likeness (QED) is 0.303. The summed E-state index contributed by atoms with van der Waals surface area (Å²) in [5, 5.41) is 3.07. The largest absolute Gasteiger partial charge is 0.257 e. The second kappa shape index (κ2) is 8.48. The van der Waals surface area contributed by atoms with Gasteiger partial charge in [0, 0.05) is 14.8 Å². The highest BCUT2D eigenvalue weighted by atomic mass is 127. The number of halogens is 3. The number of fused-ring (bicyclic) bond motifs is 1. The molecule has 0 aromatic heterocycles. The SMILES string of the molecule is Cl.Cl/C(=C\C=Nc1ccc(I)cc1)c1ccc2ccccc2c1. The summed E-state index contributed by atoms with van der Waals surface area (Å²) >= 11 is 8.64. The lowest BCUT2D eigenvalue weighted by molar-refractivity contribution is 1.52. The minimum atomic E-state index is 0. The maximum absolute atomic E-state index is 6.37. The van der Waals surface area contributed by atoms with Crippen LogP contribution in [0.1, 0.15) is 5.56 Å². The molecule has 1 nitrogen and oxygen atoms in total. The minimum Gasteiger partial charge on any atom is -0.257 e. The van der Waals surface area contributed by atoms with Crippen LogP contribution in [0.2, 0.25) is 0 Å². The van der Waals surface area contributed by atoms with E-state index < -0.39 is 0 Å². The van der Waals surface area contributed by atoms with Gasteiger partial charge in [-0.1, -0.05) is 48.0 Å². The highest BCUT2D eigenvalue weighted by Gasteiger charge is 1.99. The van der Waals surface area contributed by atoms with Gasteiger partial charge in [-0.15, -0.1) is 12.4 Å². The third-order valence-corrected chi connectivity index (χ3v) is 4.36. The van der Waals surface area contributed by atoms with E-state index in [1.54, 1.807) is 6.21 Å². The van der Waals surface area contributed by atoms with Gasteiger partial charge in [0.05, 0.1) is 5.69 Å². The van der Waals surface area contributed by atoms with Crippen molar-refractivity contribution in [3.8, 4) is 0 Å². The van der Waals surface area contributed by atoms with Gasteiger partial charge in [0.2, 0.25) is 0 Å². The van der Waals surface area contributed by atoms with Crippen LogP contribution in [-0.2, 0) is 0 Å². The summed E-state index contributed by atoms with van der Waals surface area (Å²) in [7, 11) is 0. The monoisotopic (exact) mass is 453 g/mol. The van der Waals surface area contributed by atoms with E-state index in [0.29, 0.717) is 5.03 Å². The number of allylic oxidation sites excluding steroid dienone is 1. The van der Waals surface area contributed by atoms with Crippen LogP contribution in [-0.4, -0.2) is 6.21 Å². The summed E-state index contributed by atoms with van der Waals surface area (Å²) in [5.41, 5.74) is 1.91. The van der Waals surface area contributed by atoms with E-state index in [1.165, 1.54) is 14.3 Å². The number of nitrogens with zero attached hydrogens (tertiary/aromatic N) is 1. The topological polar surface area (TPSA) is 12.4 Å². The first-order valence-electron chi connectivity index (χ1n) is 6.87. The molecule has 3 rings (SSSR count). The summed E-state index contributed by atoms with van der Waals surface area (Å²) < 4.78 is 1.20. The normalized spacial score (nSPS) is 11.7. The molecular weight excluding hydrogens is 440 g/mol. The summed E-state index contributed by atoms with van der Waals surface area (Å²) in [4.78, 5) is 4.39. The Labute approximate surface area is 160 Å². The molecule has 0 saturated heterocycles. The Morgan fingerprint density at radius 3 is 2.35 bits per heavy atom. The fraction of sp³-hybridized carbons (Fsp3) is 0. The molecule has 0 N–H and O–H groups in total. The molecule has 0 bridgehead atoms. The standard InChI is InChI=1S/C19H13ClIN.ClH/c20-19(11-12-22-18-9-7-17(21)8-10-18)16-6-5-14-3-1-2-4-15(14)13-16;/h1-13H;1H/b19-11-,22-12?;. The van der Waals surface area contributed by atoms with Gasteiger partial charge in [0.25, 0.3) is 0 Å². The lowest BCUT2D eigenvalue weighted by atomic mass is 10.1. The molecule has 0 radical (unpaired) electrons. The molecule has 0 heterocycles. The van der Waals surface area contributed by atoms with Crippen molar-refractivity contribution in [1.82, 2.24) is 0 Å². The van der Waals surface area contributed by atoms with Gasteiger partial charge in [0.15, 0.2) is 0 Å². The van der Waals surface area contributed by atoms with Gasteiger partial charge in [-0.2, -0.15) is 0 Å². The van der Waals surface area contributed by atoms with Crippen molar-refractivity contribution in [2.24, 2.45) is 4.99 Å². The highest BCUT2D eigenvalue weighted by Crippen LogP contribution is 2.23. The van der Waals surface area contributed by atoms with Gasteiger partial charge in [-0.25, -0.2) is 0 Å². The highest BCUT2D eigenvalue weighted by molar-refractivity contribution is 14.1. The minimum absolute atomic E-state index is 0. The van der Waals surface area contributed by atoms with Gasteiger partial charge >= 0.3 is 0 Å². The van der Waals surface area contributed by atoms with E-state index in [-0.39, 0.29) is 12.4 Å². The van der Waals surface area contributed by atoms with Crippen molar-refractivity contribution in [2.75, 3.05) is 0 Å². The molecular formula is C19H14Cl2IN. The van der Waals surface area contributed by atoms with Crippen LogP contribution in [0.5, 0.6) is 0 Å². The van der Waals surface area contributed by atoms with Crippen LogP contribution < -0.4 is 0 Å². The molecule has 0 aliphatic heterocycles. The molecule has 0 saturated carbocycles. The van der Waals surface area contributed by atoms with Crippen molar-refractivity contribution in [3.63, 3.8) is 0 Å². The van der Waals surface area contributed by atoms with E-state index in [1.807, 2.05) is 48.5 Å². The zero-order valence-electron chi connectivity index (χ0n) is 12.1. The van der Waals surface area contributed by atoms with Crippen molar-refractivity contribution in [3.05, 3.63) is 81.9 Å². The molecule has 0 aliphatic rings.